The number of ether oxygens (including phenoxy) is 1. The fourth-order valence-electron chi connectivity index (χ4n) is 3.91. The number of aryl methyl sites for hydroxylation is 2. The van der Waals surface area contributed by atoms with Gasteiger partial charge in [-0.05, 0) is 51.2 Å². The number of thioether (sulfide) groups is 1. The summed E-state index contributed by atoms with van der Waals surface area (Å²) in [6.45, 7) is 4.02. The van der Waals surface area contributed by atoms with Crippen molar-refractivity contribution in [2.24, 2.45) is 0 Å². The molecule has 0 atom stereocenters. The van der Waals surface area contributed by atoms with Crippen molar-refractivity contribution in [3.63, 3.8) is 0 Å². The molecule has 0 unspecified atom stereocenters. The highest BCUT2D eigenvalue weighted by Gasteiger charge is 2.26. The number of hydrogen-bond acceptors (Lipinski definition) is 7. The number of nitrogens with one attached hydrogen (secondary N) is 1. The molecule has 0 bridgehead atoms. The van der Waals surface area contributed by atoms with Crippen LogP contribution in [0.1, 0.15) is 52.7 Å². The van der Waals surface area contributed by atoms with Crippen molar-refractivity contribution in [3.05, 3.63) is 58.1 Å². The molecule has 4 rings (SSSR count). The van der Waals surface area contributed by atoms with Crippen LogP contribution in [0.25, 0.3) is 11.3 Å². The number of nitrogens with zero attached hydrogens (tertiary/aromatic N) is 2. The number of carbonyl (C=O) groups is 2. The number of benzene rings is 1. The molecule has 1 N–H and O–H groups in total. The molecular formula is C25H27N3O3S2. The third-order valence-corrected chi connectivity index (χ3v) is 7.44. The zero-order valence-corrected chi connectivity index (χ0v) is 20.5. The van der Waals surface area contributed by atoms with E-state index < -0.39 is 0 Å². The zero-order chi connectivity index (χ0) is 23.2. The lowest BCUT2D eigenvalue weighted by molar-refractivity contribution is -0.113. The van der Waals surface area contributed by atoms with Gasteiger partial charge in [0, 0.05) is 16.1 Å². The van der Waals surface area contributed by atoms with E-state index >= 15 is 0 Å². The second kappa shape index (κ2) is 10.9. The summed E-state index contributed by atoms with van der Waals surface area (Å²) in [6, 6.07) is 11.8. The van der Waals surface area contributed by atoms with Gasteiger partial charge in [-0.2, -0.15) is 0 Å². The summed E-state index contributed by atoms with van der Waals surface area (Å²) >= 11 is 2.80. The highest BCUT2D eigenvalue weighted by atomic mass is 32.2. The molecule has 1 amide bonds. The van der Waals surface area contributed by atoms with Gasteiger partial charge >= 0.3 is 5.97 Å². The molecule has 0 fully saturated rings. The summed E-state index contributed by atoms with van der Waals surface area (Å²) in [4.78, 5) is 35.8. The van der Waals surface area contributed by atoms with E-state index in [9.17, 15) is 9.59 Å². The van der Waals surface area contributed by atoms with Crippen molar-refractivity contribution in [1.82, 2.24) is 9.97 Å². The lowest BCUT2D eigenvalue weighted by Gasteiger charge is -2.09. The molecule has 3 aromatic rings. The number of aromatic nitrogens is 2. The summed E-state index contributed by atoms with van der Waals surface area (Å²) in [5, 5.41) is 4.11. The number of esters is 1. The zero-order valence-electron chi connectivity index (χ0n) is 18.8. The molecule has 0 aliphatic heterocycles. The van der Waals surface area contributed by atoms with Crippen LogP contribution in [0.15, 0.2) is 41.6 Å². The first kappa shape index (κ1) is 23.4. The lowest BCUT2D eigenvalue weighted by Crippen LogP contribution is -2.17. The highest BCUT2D eigenvalue weighted by Crippen LogP contribution is 2.38. The molecule has 33 heavy (non-hydrogen) atoms. The first-order valence-corrected chi connectivity index (χ1v) is 13.0. The molecule has 1 aromatic carbocycles. The lowest BCUT2D eigenvalue weighted by atomic mass is 10.1. The molecule has 0 saturated carbocycles. The predicted molar refractivity (Wildman–Crippen MR) is 133 cm³/mol. The van der Waals surface area contributed by atoms with Crippen molar-refractivity contribution in [3.8, 4) is 11.3 Å². The van der Waals surface area contributed by atoms with Crippen molar-refractivity contribution in [2.45, 2.75) is 51.1 Å². The maximum absolute atomic E-state index is 12.8. The molecular weight excluding hydrogens is 454 g/mol. The van der Waals surface area contributed by atoms with Gasteiger partial charge in [0.05, 0.1) is 23.6 Å². The van der Waals surface area contributed by atoms with Gasteiger partial charge in [0.2, 0.25) is 5.91 Å². The topological polar surface area (TPSA) is 81.2 Å². The van der Waals surface area contributed by atoms with Crippen molar-refractivity contribution in [1.29, 1.82) is 0 Å². The third-order valence-electron chi connectivity index (χ3n) is 5.39. The monoisotopic (exact) mass is 481 g/mol. The van der Waals surface area contributed by atoms with E-state index in [4.69, 9.17) is 4.74 Å². The minimum Gasteiger partial charge on any atom is -0.462 e. The molecule has 1 aliphatic rings. The molecule has 2 heterocycles. The van der Waals surface area contributed by atoms with Gasteiger partial charge in [0.1, 0.15) is 5.00 Å². The predicted octanol–water partition coefficient (Wildman–Crippen LogP) is 5.69. The van der Waals surface area contributed by atoms with Crippen molar-refractivity contribution >= 4 is 40.0 Å². The van der Waals surface area contributed by atoms with Gasteiger partial charge in [-0.25, -0.2) is 14.8 Å². The van der Waals surface area contributed by atoms with Crippen LogP contribution >= 0.6 is 23.1 Å². The maximum atomic E-state index is 12.8. The van der Waals surface area contributed by atoms with E-state index in [1.807, 2.05) is 43.3 Å². The summed E-state index contributed by atoms with van der Waals surface area (Å²) in [5.41, 5.74) is 4.27. The number of hydrogen-bond donors (Lipinski definition) is 1. The van der Waals surface area contributed by atoms with Gasteiger partial charge in [0.25, 0.3) is 0 Å². The quantitative estimate of drug-likeness (QED) is 0.202. The second-order valence-electron chi connectivity index (χ2n) is 7.87. The highest BCUT2D eigenvalue weighted by molar-refractivity contribution is 7.99. The number of amides is 1. The third kappa shape index (κ3) is 5.81. The molecule has 8 heteroatoms. The Morgan fingerprint density at radius 3 is 2.70 bits per heavy atom. The first-order chi connectivity index (χ1) is 16.0. The Hall–Kier alpha value is -2.71. The van der Waals surface area contributed by atoms with Crippen LogP contribution in [-0.2, 0) is 22.4 Å². The molecule has 0 saturated heterocycles. The van der Waals surface area contributed by atoms with E-state index in [0.29, 0.717) is 22.3 Å². The number of carbonyl (C=O) groups excluding carboxylic acids is 2. The van der Waals surface area contributed by atoms with Crippen LogP contribution in [0.3, 0.4) is 0 Å². The van der Waals surface area contributed by atoms with E-state index in [1.54, 1.807) is 6.92 Å². The summed E-state index contributed by atoms with van der Waals surface area (Å²) in [5.74, 6) is -0.384. The van der Waals surface area contributed by atoms with Gasteiger partial charge in [-0.3, -0.25) is 4.79 Å². The van der Waals surface area contributed by atoms with Crippen molar-refractivity contribution in [2.75, 3.05) is 17.7 Å². The normalized spacial score (nSPS) is 13.2. The van der Waals surface area contributed by atoms with E-state index in [1.165, 1.54) is 28.0 Å². The standard InChI is InChI=1S/C25H27N3O3S2/c1-3-31-24(30)22-18-12-8-5-9-13-20(18)33-23(22)28-21(29)15-32-25-26-16(2)14-19(27-25)17-10-6-4-7-11-17/h4,6-7,10-11,14H,3,5,8-9,12-13,15H2,1-2H3,(H,28,29). The average molecular weight is 482 g/mol. The minimum atomic E-state index is -0.352. The minimum absolute atomic E-state index is 0.155. The van der Waals surface area contributed by atoms with Crippen LogP contribution in [0, 0.1) is 6.92 Å². The first-order valence-electron chi connectivity index (χ1n) is 11.2. The Kier molecular flexibility index (Phi) is 7.77. The molecule has 6 nitrogen and oxygen atoms in total. The van der Waals surface area contributed by atoms with Gasteiger partial charge in [-0.1, -0.05) is 48.5 Å². The summed E-state index contributed by atoms with van der Waals surface area (Å²) in [6.07, 6.45) is 5.10. The van der Waals surface area contributed by atoms with Crippen LogP contribution in [0.4, 0.5) is 5.00 Å². The van der Waals surface area contributed by atoms with E-state index in [-0.39, 0.29) is 17.6 Å². The molecule has 172 valence electrons. The van der Waals surface area contributed by atoms with Gasteiger partial charge < -0.3 is 10.1 Å². The Bertz CT molecular complexity index is 1150. The van der Waals surface area contributed by atoms with Crippen LogP contribution in [0.5, 0.6) is 0 Å². The second-order valence-corrected chi connectivity index (χ2v) is 9.92. The van der Waals surface area contributed by atoms with E-state index in [2.05, 4.69) is 15.3 Å². The molecule has 2 aromatic heterocycles. The molecule has 0 spiro atoms. The molecule has 0 radical (unpaired) electrons. The summed E-state index contributed by atoms with van der Waals surface area (Å²) in [7, 11) is 0. The van der Waals surface area contributed by atoms with Crippen LogP contribution in [-0.4, -0.2) is 34.2 Å². The number of rotatable bonds is 7. The summed E-state index contributed by atoms with van der Waals surface area (Å²) < 4.78 is 5.30. The van der Waals surface area contributed by atoms with Gasteiger partial charge in [0.15, 0.2) is 5.16 Å². The average Bonchev–Trinajstić information content (AvgIpc) is 2.98. The Labute approximate surface area is 202 Å². The Morgan fingerprint density at radius 1 is 1.12 bits per heavy atom. The van der Waals surface area contributed by atoms with Crippen LogP contribution < -0.4 is 5.32 Å². The Morgan fingerprint density at radius 2 is 1.91 bits per heavy atom. The fourth-order valence-corrected chi connectivity index (χ4v) is 5.90. The fraction of sp³-hybridized carbons (Fsp3) is 0.360. The SMILES string of the molecule is CCOC(=O)c1c(NC(=O)CSc2nc(C)cc(-c3ccccc3)n2)sc2c1CCCCC2. The van der Waals surface area contributed by atoms with E-state index in [0.717, 1.165) is 54.6 Å². The number of fused-ring (bicyclic) bond motifs is 1. The smallest absolute Gasteiger partial charge is 0.341 e. The van der Waals surface area contributed by atoms with Gasteiger partial charge in [-0.15, -0.1) is 11.3 Å². The molecule has 1 aliphatic carbocycles. The number of thiophene rings is 1. The van der Waals surface area contributed by atoms with Crippen molar-refractivity contribution < 1.29 is 14.3 Å². The largest absolute Gasteiger partial charge is 0.462 e. The van der Waals surface area contributed by atoms with Crippen LogP contribution in [0.2, 0.25) is 0 Å². The number of anilines is 1. The Balaban J connectivity index is 1.48. The maximum Gasteiger partial charge on any atom is 0.341 e.